The van der Waals surface area contributed by atoms with Crippen molar-refractivity contribution in [3.05, 3.63) is 60.2 Å². The molecule has 1 amide bonds. The van der Waals surface area contributed by atoms with Gasteiger partial charge in [0.25, 0.3) is 0 Å². The maximum Gasteiger partial charge on any atom is 0.307 e. The molecule has 0 spiro atoms. The van der Waals surface area contributed by atoms with Crippen molar-refractivity contribution in [1.82, 2.24) is 5.43 Å². The Morgan fingerprint density at radius 1 is 1.28 bits per heavy atom. The summed E-state index contributed by atoms with van der Waals surface area (Å²) < 4.78 is 13.4. The van der Waals surface area contributed by atoms with Crippen molar-refractivity contribution >= 4 is 77.5 Å². The van der Waals surface area contributed by atoms with E-state index in [0.29, 0.717) is 5.58 Å². The van der Waals surface area contributed by atoms with Gasteiger partial charge in [0, 0.05) is 9.86 Å². The number of rotatable bonds is 4. The van der Waals surface area contributed by atoms with Crippen LogP contribution in [0.1, 0.15) is 16.1 Å². The summed E-state index contributed by atoms with van der Waals surface area (Å²) >= 11 is 9.00. The van der Waals surface area contributed by atoms with Gasteiger partial charge < -0.3 is 9.15 Å². The number of hydrogen-bond donors (Lipinski definition) is 1. The average Bonchev–Trinajstić information content (AvgIpc) is 2.99. The number of fused-ring (bicyclic) bond motifs is 1. The van der Waals surface area contributed by atoms with E-state index in [9.17, 15) is 4.79 Å². The molecule has 3 rings (SSSR count). The Labute approximate surface area is 174 Å². The predicted octanol–water partition coefficient (Wildman–Crippen LogP) is 5.33. The highest BCUT2D eigenvalue weighted by atomic mass is 127. The van der Waals surface area contributed by atoms with Crippen LogP contribution in [0.5, 0.6) is 5.75 Å². The average molecular weight is 578 g/mol. The van der Waals surface area contributed by atoms with Crippen LogP contribution in [0.2, 0.25) is 0 Å². The van der Waals surface area contributed by atoms with Crippen LogP contribution >= 0.6 is 54.5 Å². The summed E-state index contributed by atoms with van der Waals surface area (Å²) in [4.78, 5) is 12.2. The first-order valence-corrected chi connectivity index (χ1v) is 9.70. The number of halogens is 3. The molecule has 25 heavy (non-hydrogen) atoms. The molecule has 0 radical (unpaired) electrons. The SMILES string of the molecule is COc1ccc(/C=N\NC(=O)c2cc3cc(Br)cc(Br)c3o2)cc1I. The van der Waals surface area contributed by atoms with Crippen LogP contribution in [0.15, 0.2) is 54.9 Å². The highest BCUT2D eigenvalue weighted by Crippen LogP contribution is 2.31. The number of methoxy groups -OCH3 is 1. The van der Waals surface area contributed by atoms with E-state index in [2.05, 4.69) is 65.0 Å². The number of carbonyl (C=O) groups excluding carboxylic acids is 1. The van der Waals surface area contributed by atoms with Gasteiger partial charge in [0.2, 0.25) is 0 Å². The Kier molecular flexibility index (Phi) is 5.80. The van der Waals surface area contributed by atoms with E-state index in [1.807, 2.05) is 30.3 Å². The molecule has 1 aromatic heterocycles. The van der Waals surface area contributed by atoms with Crippen LogP contribution in [0.3, 0.4) is 0 Å². The zero-order chi connectivity index (χ0) is 18.0. The number of ether oxygens (including phenoxy) is 1. The minimum Gasteiger partial charge on any atom is -0.496 e. The van der Waals surface area contributed by atoms with Crippen LogP contribution in [0.25, 0.3) is 11.0 Å². The van der Waals surface area contributed by atoms with Gasteiger partial charge >= 0.3 is 5.91 Å². The molecule has 0 aliphatic rings. The third kappa shape index (κ3) is 4.24. The number of hydrazone groups is 1. The van der Waals surface area contributed by atoms with Crippen LogP contribution < -0.4 is 10.2 Å². The molecule has 1 heterocycles. The third-order valence-electron chi connectivity index (χ3n) is 3.32. The lowest BCUT2D eigenvalue weighted by Gasteiger charge is -2.03. The van der Waals surface area contributed by atoms with Gasteiger partial charge in [-0.2, -0.15) is 5.10 Å². The van der Waals surface area contributed by atoms with E-state index in [1.54, 1.807) is 19.4 Å². The molecular formula is C17H11Br2IN2O3. The molecule has 128 valence electrons. The van der Waals surface area contributed by atoms with Crippen LogP contribution in [0.4, 0.5) is 0 Å². The summed E-state index contributed by atoms with van der Waals surface area (Å²) in [6.07, 6.45) is 1.56. The van der Waals surface area contributed by atoms with Gasteiger partial charge in [0.05, 0.1) is 21.4 Å². The molecular weight excluding hydrogens is 567 g/mol. The van der Waals surface area contributed by atoms with Gasteiger partial charge in [0.1, 0.15) is 11.3 Å². The van der Waals surface area contributed by atoms with Crippen molar-refractivity contribution in [2.24, 2.45) is 5.10 Å². The van der Waals surface area contributed by atoms with Gasteiger partial charge in [-0.3, -0.25) is 4.79 Å². The second kappa shape index (κ2) is 7.88. The van der Waals surface area contributed by atoms with E-state index in [-0.39, 0.29) is 5.76 Å². The smallest absolute Gasteiger partial charge is 0.307 e. The quantitative estimate of drug-likeness (QED) is 0.259. The summed E-state index contributed by atoms with van der Waals surface area (Å²) in [7, 11) is 1.62. The first-order valence-electron chi connectivity index (χ1n) is 7.03. The van der Waals surface area contributed by atoms with Crippen molar-refractivity contribution < 1.29 is 13.9 Å². The zero-order valence-electron chi connectivity index (χ0n) is 12.8. The van der Waals surface area contributed by atoms with E-state index in [1.165, 1.54) is 0 Å². The molecule has 0 aliphatic heterocycles. The normalized spacial score (nSPS) is 11.2. The molecule has 0 unspecified atom stereocenters. The number of amides is 1. The molecule has 0 saturated carbocycles. The monoisotopic (exact) mass is 576 g/mol. The first-order chi connectivity index (χ1) is 12.0. The largest absolute Gasteiger partial charge is 0.496 e. The topological polar surface area (TPSA) is 63.8 Å². The molecule has 0 saturated heterocycles. The highest BCUT2D eigenvalue weighted by Gasteiger charge is 2.14. The van der Waals surface area contributed by atoms with Crippen LogP contribution in [0, 0.1) is 3.57 Å². The Bertz CT molecular complexity index is 985. The summed E-state index contributed by atoms with van der Waals surface area (Å²) in [5.41, 5.74) is 3.93. The van der Waals surface area contributed by atoms with Gasteiger partial charge in [-0.25, -0.2) is 5.43 Å². The fourth-order valence-corrected chi connectivity index (χ4v) is 4.27. The minimum absolute atomic E-state index is 0.190. The van der Waals surface area contributed by atoms with Crippen LogP contribution in [-0.2, 0) is 0 Å². The van der Waals surface area contributed by atoms with Crippen molar-refractivity contribution in [2.75, 3.05) is 7.11 Å². The molecule has 0 aliphatic carbocycles. The van der Waals surface area contributed by atoms with Crippen molar-refractivity contribution in [1.29, 1.82) is 0 Å². The molecule has 0 bridgehead atoms. The van der Waals surface area contributed by atoms with E-state index >= 15 is 0 Å². The lowest BCUT2D eigenvalue weighted by Crippen LogP contribution is -2.16. The van der Waals surface area contributed by atoms with Gasteiger partial charge in [0.15, 0.2) is 5.76 Å². The number of nitrogens with zero attached hydrogens (tertiary/aromatic N) is 1. The maximum absolute atomic E-state index is 12.2. The number of furan rings is 1. The summed E-state index contributed by atoms with van der Waals surface area (Å²) in [6, 6.07) is 11.0. The van der Waals surface area contributed by atoms with Crippen LogP contribution in [-0.4, -0.2) is 19.2 Å². The Hall–Kier alpha value is -1.39. The predicted molar refractivity (Wildman–Crippen MR) is 112 cm³/mol. The minimum atomic E-state index is -0.418. The fraction of sp³-hybridized carbons (Fsp3) is 0.0588. The maximum atomic E-state index is 12.2. The third-order valence-corrected chi connectivity index (χ3v) is 5.20. The Morgan fingerprint density at radius 2 is 2.08 bits per heavy atom. The molecule has 5 nitrogen and oxygen atoms in total. The molecule has 3 aromatic rings. The van der Waals surface area contributed by atoms with Gasteiger partial charge in [-0.15, -0.1) is 0 Å². The first kappa shape index (κ1) is 18.4. The lowest BCUT2D eigenvalue weighted by molar-refractivity contribution is 0.0929. The van der Waals surface area contributed by atoms with E-state index in [0.717, 1.165) is 29.2 Å². The summed E-state index contributed by atoms with van der Waals surface area (Å²) in [5, 5.41) is 4.79. The van der Waals surface area contributed by atoms with Gasteiger partial charge in [-0.05, 0) is 80.5 Å². The van der Waals surface area contributed by atoms with E-state index in [4.69, 9.17) is 9.15 Å². The standard InChI is InChI=1S/C17H11Br2IN2O3/c1-24-14-3-2-9(4-13(14)20)8-21-22-17(23)15-6-10-5-11(18)7-12(19)16(10)25-15/h2-8H,1H3,(H,22,23)/b21-8-. The highest BCUT2D eigenvalue weighted by molar-refractivity contribution is 14.1. The second-order valence-electron chi connectivity index (χ2n) is 5.01. The van der Waals surface area contributed by atoms with E-state index < -0.39 is 5.91 Å². The number of hydrogen-bond acceptors (Lipinski definition) is 4. The van der Waals surface area contributed by atoms with Crippen molar-refractivity contribution in [2.45, 2.75) is 0 Å². The molecule has 1 N–H and O–H groups in total. The fourth-order valence-electron chi connectivity index (χ4n) is 2.17. The summed E-state index contributed by atoms with van der Waals surface area (Å²) in [6.45, 7) is 0. The van der Waals surface area contributed by atoms with Gasteiger partial charge in [-0.1, -0.05) is 15.9 Å². The lowest BCUT2D eigenvalue weighted by atomic mass is 10.2. The van der Waals surface area contributed by atoms with Crippen molar-refractivity contribution in [3.8, 4) is 5.75 Å². The summed E-state index contributed by atoms with van der Waals surface area (Å²) in [5.74, 6) is 0.565. The number of carbonyl (C=O) groups is 1. The molecule has 0 fully saturated rings. The Morgan fingerprint density at radius 3 is 2.80 bits per heavy atom. The molecule has 0 atom stereocenters. The number of nitrogens with one attached hydrogen (secondary N) is 1. The Balaban J connectivity index is 1.74. The zero-order valence-corrected chi connectivity index (χ0v) is 18.2. The molecule has 2 aromatic carbocycles. The van der Waals surface area contributed by atoms with Crippen molar-refractivity contribution in [3.63, 3.8) is 0 Å². The molecule has 8 heteroatoms. The number of benzene rings is 2. The second-order valence-corrected chi connectivity index (χ2v) is 7.94.